The Kier molecular flexibility index (Phi) is 5.13. The summed E-state index contributed by atoms with van der Waals surface area (Å²) in [6.07, 6.45) is 0. The monoisotopic (exact) mass is 294 g/mol. The van der Waals surface area contributed by atoms with Gasteiger partial charge in [0.1, 0.15) is 0 Å². The van der Waals surface area contributed by atoms with Crippen LogP contribution in [0.5, 0.6) is 0 Å². The summed E-state index contributed by atoms with van der Waals surface area (Å²) < 4.78 is 0. The van der Waals surface area contributed by atoms with Crippen molar-refractivity contribution in [2.45, 2.75) is 23.6 Å². The number of hydrogen-bond donors (Lipinski definition) is 1. The second kappa shape index (κ2) is 6.63. The first kappa shape index (κ1) is 14.0. The van der Waals surface area contributed by atoms with Crippen LogP contribution in [0.1, 0.15) is 11.1 Å². The summed E-state index contributed by atoms with van der Waals surface area (Å²) in [7, 11) is 0. The molecule has 0 aromatic heterocycles. The van der Waals surface area contributed by atoms with E-state index in [1.807, 2.05) is 0 Å². The van der Waals surface area contributed by atoms with Crippen molar-refractivity contribution in [3.63, 3.8) is 0 Å². The molecule has 0 aliphatic rings. The lowest BCUT2D eigenvalue weighted by atomic mass is 10.2. The third-order valence-corrected chi connectivity index (χ3v) is 7.23. The molecule has 0 atom stereocenters. The Labute approximate surface area is 117 Å². The molecule has 0 aliphatic carbocycles. The average Bonchev–Trinajstić information content (AvgIpc) is 2.35. The quantitative estimate of drug-likeness (QED) is 0.762. The molecule has 0 saturated carbocycles. The Morgan fingerprint density at radius 2 is 1.06 bits per heavy atom. The molecule has 4 heteroatoms. The largest absolute Gasteiger partial charge is 0.354 e. The first-order valence-electron chi connectivity index (χ1n) is 5.62. The normalized spacial score (nSPS) is 10.9. The molecule has 2 aromatic rings. The Hall–Kier alpha value is -0.470. The van der Waals surface area contributed by atoms with Crippen LogP contribution >= 0.6 is 29.3 Å². The Morgan fingerprint density at radius 1 is 0.722 bits per heavy atom. The Bertz CT molecular complexity index is 449. The van der Waals surface area contributed by atoms with Gasteiger partial charge < -0.3 is 4.89 Å². The zero-order chi connectivity index (χ0) is 13.0. The van der Waals surface area contributed by atoms with Crippen molar-refractivity contribution in [2.75, 3.05) is 0 Å². The highest BCUT2D eigenvalue weighted by atomic mass is 33.1. The van der Waals surface area contributed by atoms with E-state index in [1.165, 1.54) is 33.9 Å². The van der Waals surface area contributed by atoms with E-state index in [4.69, 9.17) is 0 Å². The first-order chi connectivity index (χ1) is 8.63. The molecule has 18 heavy (non-hydrogen) atoms. The maximum Gasteiger partial charge on any atom is 0.159 e. The van der Waals surface area contributed by atoms with Crippen molar-refractivity contribution in [3.8, 4) is 0 Å². The average molecular weight is 294 g/mol. The first-order valence-corrected chi connectivity index (χ1v) is 9.75. The Morgan fingerprint density at radius 3 is 1.39 bits per heavy atom. The van der Waals surface area contributed by atoms with E-state index in [0.29, 0.717) is 0 Å². The Balaban J connectivity index is 1.94. The maximum atomic E-state index is 10.1. The van der Waals surface area contributed by atoms with Gasteiger partial charge in [-0.3, -0.25) is 0 Å². The van der Waals surface area contributed by atoms with Crippen molar-refractivity contribution < 1.29 is 4.89 Å². The van der Waals surface area contributed by atoms with E-state index >= 15 is 0 Å². The van der Waals surface area contributed by atoms with Gasteiger partial charge in [0, 0.05) is 9.79 Å². The van der Waals surface area contributed by atoms with Crippen LogP contribution in [0.3, 0.4) is 0 Å². The molecule has 0 heterocycles. The van der Waals surface area contributed by atoms with Crippen molar-refractivity contribution in [1.82, 2.24) is 0 Å². The second-order valence-corrected chi connectivity index (χ2v) is 9.69. The van der Waals surface area contributed by atoms with Crippen LogP contribution in [0.2, 0.25) is 0 Å². The van der Waals surface area contributed by atoms with Gasteiger partial charge in [-0.2, -0.15) is 0 Å². The van der Waals surface area contributed by atoms with Crippen LogP contribution in [0.25, 0.3) is 0 Å². The highest BCUT2D eigenvalue weighted by Gasteiger charge is 2.09. The minimum absolute atomic E-state index is 1.12. The molecule has 1 N–H and O–H groups in total. The van der Waals surface area contributed by atoms with Crippen LogP contribution in [-0.4, -0.2) is 4.89 Å². The lowest BCUT2D eigenvalue weighted by Gasteiger charge is -2.09. The SMILES string of the molecule is Cc1ccc(SP(O)Sc2ccc(C)cc2)cc1. The molecular weight excluding hydrogens is 279 g/mol. The van der Waals surface area contributed by atoms with Crippen molar-refractivity contribution in [2.24, 2.45) is 0 Å². The minimum Gasteiger partial charge on any atom is -0.354 e. The second-order valence-electron chi connectivity index (χ2n) is 4.05. The van der Waals surface area contributed by atoms with Gasteiger partial charge in [0.05, 0.1) is 0 Å². The zero-order valence-electron chi connectivity index (χ0n) is 10.3. The lowest BCUT2D eigenvalue weighted by Crippen LogP contribution is -1.73. The van der Waals surface area contributed by atoms with E-state index in [0.717, 1.165) is 9.79 Å². The lowest BCUT2D eigenvalue weighted by molar-refractivity contribution is 0.656. The molecule has 0 unspecified atom stereocenters. The number of rotatable bonds is 4. The van der Waals surface area contributed by atoms with Crippen LogP contribution in [0.4, 0.5) is 0 Å². The fraction of sp³-hybridized carbons (Fsp3) is 0.143. The van der Waals surface area contributed by atoms with Gasteiger partial charge in [-0.25, -0.2) is 0 Å². The van der Waals surface area contributed by atoms with E-state index < -0.39 is 6.55 Å². The summed E-state index contributed by atoms with van der Waals surface area (Å²) in [5, 5.41) is 0. The molecule has 0 spiro atoms. The van der Waals surface area contributed by atoms with Crippen LogP contribution < -0.4 is 0 Å². The number of aryl methyl sites for hydroxylation is 2. The summed E-state index contributed by atoms with van der Waals surface area (Å²) in [4.78, 5) is 12.3. The fourth-order valence-electron chi connectivity index (χ4n) is 1.40. The van der Waals surface area contributed by atoms with Gasteiger partial charge in [-0.15, -0.1) is 0 Å². The van der Waals surface area contributed by atoms with Crippen LogP contribution in [0.15, 0.2) is 58.3 Å². The molecule has 0 fully saturated rings. The van der Waals surface area contributed by atoms with Crippen molar-refractivity contribution in [3.05, 3.63) is 59.7 Å². The van der Waals surface area contributed by atoms with E-state index in [1.54, 1.807) is 0 Å². The standard InChI is InChI=1S/C14H15OPS2/c1-11-3-7-13(8-4-11)17-16(15)18-14-9-5-12(2)6-10-14/h3-10,15H,1-2H3. The molecule has 1 nitrogen and oxygen atoms in total. The van der Waals surface area contributed by atoms with Gasteiger partial charge in [0.15, 0.2) is 6.55 Å². The zero-order valence-corrected chi connectivity index (χ0v) is 12.9. The molecule has 0 amide bonds. The predicted octanol–water partition coefficient (Wildman–Crippen LogP) is 5.41. The highest BCUT2D eigenvalue weighted by Crippen LogP contribution is 2.62. The van der Waals surface area contributed by atoms with Gasteiger partial charge in [-0.1, -0.05) is 58.2 Å². The highest BCUT2D eigenvalue weighted by molar-refractivity contribution is 8.86. The predicted molar refractivity (Wildman–Crippen MR) is 83.2 cm³/mol. The molecular formula is C14H15OPS2. The van der Waals surface area contributed by atoms with Crippen LogP contribution in [0, 0.1) is 13.8 Å². The summed E-state index contributed by atoms with van der Waals surface area (Å²) in [5.41, 5.74) is 2.49. The third-order valence-electron chi connectivity index (χ3n) is 2.41. The maximum absolute atomic E-state index is 10.1. The summed E-state index contributed by atoms with van der Waals surface area (Å²) in [6.45, 7) is 3.01. The molecule has 94 valence electrons. The van der Waals surface area contributed by atoms with Gasteiger partial charge in [0.25, 0.3) is 0 Å². The summed E-state index contributed by atoms with van der Waals surface area (Å²) >= 11 is 3.07. The molecule has 0 radical (unpaired) electrons. The molecule has 0 saturated heterocycles. The van der Waals surface area contributed by atoms with Crippen molar-refractivity contribution >= 4 is 29.3 Å². The minimum atomic E-state index is -1.12. The number of hydrogen-bond acceptors (Lipinski definition) is 3. The van der Waals surface area contributed by atoms with Gasteiger partial charge in [-0.05, 0) is 38.1 Å². The molecule has 2 aromatic carbocycles. The fourth-order valence-corrected chi connectivity index (χ4v) is 6.12. The molecule has 0 bridgehead atoms. The molecule has 0 aliphatic heterocycles. The van der Waals surface area contributed by atoms with Crippen LogP contribution in [-0.2, 0) is 0 Å². The van der Waals surface area contributed by atoms with E-state index in [9.17, 15) is 4.89 Å². The summed E-state index contributed by atoms with van der Waals surface area (Å²) in [6, 6.07) is 16.5. The number of benzene rings is 2. The van der Waals surface area contributed by atoms with Crippen molar-refractivity contribution in [1.29, 1.82) is 0 Å². The van der Waals surface area contributed by atoms with E-state index in [-0.39, 0.29) is 0 Å². The van der Waals surface area contributed by atoms with Gasteiger partial charge in [0.2, 0.25) is 0 Å². The summed E-state index contributed by atoms with van der Waals surface area (Å²) in [5.74, 6) is 0. The van der Waals surface area contributed by atoms with Gasteiger partial charge >= 0.3 is 0 Å². The third kappa shape index (κ3) is 4.33. The smallest absolute Gasteiger partial charge is 0.159 e. The van der Waals surface area contributed by atoms with E-state index in [2.05, 4.69) is 62.4 Å². The topological polar surface area (TPSA) is 20.2 Å². The molecule has 2 rings (SSSR count).